The van der Waals surface area contributed by atoms with Gasteiger partial charge in [0.2, 0.25) is 5.75 Å². The number of para-hydroxylation sites is 1. The van der Waals surface area contributed by atoms with Crippen LogP contribution in [-0.2, 0) is 0 Å². The molecule has 0 amide bonds. The summed E-state index contributed by atoms with van der Waals surface area (Å²) >= 11 is 5.72. The average molecular weight is 237 g/mol. The van der Waals surface area contributed by atoms with Crippen LogP contribution >= 0.6 is 11.6 Å². The van der Waals surface area contributed by atoms with E-state index in [0.717, 1.165) is 0 Å². The molecule has 0 aliphatic carbocycles. The second kappa shape index (κ2) is 4.33. The van der Waals surface area contributed by atoms with Gasteiger partial charge in [0.05, 0.1) is 0 Å². The van der Waals surface area contributed by atoms with Crippen molar-refractivity contribution in [2.24, 2.45) is 0 Å². The molecule has 2 N–H and O–H groups in total. The molecule has 2 aromatic rings. The second-order valence-electron chi connectivity index (χ2n) is 3.18. The Morgan fingerprint density at radius 1 is 0.875 bits per heavy atom. The van der Waals surface area contributed by atoms with E-state index >= 15 is 0 Å². The number of benzene rings is 2. The Balaban J connectivity index is 2.30. The predicted octanol–water partition coefficient (Wildman–Crippen LogP) is 3.54. The normalized spacial score (nSPS) is 10.1. The van der Waals surface area contributed by atoms with Gasteiger partial charge in [-0.2, -0.15) is 0 Å². The summed E-state index contributed by atoms with van der Waals surface area (Å²) in [6, 6.07) is 11.0. The first kappa shape index (κ1) is 10.6. The fourth-order valence-electron chi connectivity index (χ4n) is 1.24. The maximum atomic E-state index is 9.50. The van der Waals surface area contributed by atoms with E-state index < -0.39 is 0 Å². The van der Waals surface area contributed by atoms with E-state index in [0.29, 0.717) is 10.8 Å². The van der Waals surface area contributed by atoms with Crippen LogP contribution in [0.1, 0.15) is 0 Å². The van der Waals surface area contributed by atoms with Crippen molar-refractivity contribution in [2.45, 2.75) is 0 Å². The molecule has 82 valence electrons. The lowest BCUT2D eigenvalue weighted by Crippen LogP contribution is -1.85. The zero-order chi connectivity index (χ0) is 11.5. The molecule has 16 heavy (non-hydrogen) atoms. The average Bonchev–Trinajstić information content (AvgIpc) is 2.26. The maximum absolute atomic E-state index is 9.50. The van der Waals surface area contributed by atoms with E-state index in [1.807, 2.05) is 0 Å². The summed E-state index contributed by atoms with van der Waals surface area (Å²) in [5, 5.41) is 19.6. The molecule has 0 unspecified atom stereocenters. The molecule has 0 heterocycles. The van der Waals surface area contributed by atoms with Gasteiger partial charge in [0.15, 0.2) is 11.5 Å². The van der Waals surface area contributed by atoms with E-state index in [-0.39, 0.29) is 17.2 Å². The Morgan fingerprint density at radius 3 is 2.00 bits per heavy atom. The van der Waals surface area contributed by atoms with Crippen LogP contribution < -0.4 is 4.74 Å². The largest absolute Gasteiger partial charge is 0.504 e. The maximum Gasteiger partial charge on any atom is 0.210 e. The van der Waals surface area contributed by atoms with Crippen molar-refractivity contribution in [1.29, 1.82) is 0 Å². The van der Waals surface area contributed by atoms with Gasteiger partial charge in [-0.05, 0) is 36.4 Å². The standard InChI is InChI=1S/C12H9ClO3/c13-8-4-6-9(7-5-8)16-12-10(14)2-1-3-11(12)15/h1-7,14-15H. The van der Waals surface area contributed by atoms with Crippen LogP contribution in [0.5, 0.6) is 23.0 Å². The third-order valence-electron chi connectivity index (χ3n) is 2.01. The van der Waals surface area contributed by atoms with E-state index in [1.165, 1.54) is 18.2 Å². The second-order valence-corrected chi connectivity index (χ2v) is 3.62. The molecule has 0 fully saturated rings. The summed E-state index contributed by atoms with van der Waals surface area (Å²) in [4.78, 5) is 0. The lowest BCUT2D eigenvalue weighted by atomic mass is 10.3. The van der Waals surface area contributed by atoms with Crippen molar-refractivity contribution in [3.63, 3.8) is 0 Å². The van der Waals surface area contributed by atoms with Gasteiger partial charge in [0.1, 0.15) is 5.75 Å². The van der Waals surface area contributed by atoms with E-state index in [1.54, 1.807) is 24.3 Å². The molecule has 0 radical (unpaired) electrons. The van der Waals surface area contributed by atoms with Gasteiger partial charge in [-0.1, -0.05) is 17.7 Å². The minimum absolute atomic E-state index is 0.0322. The zero-order valence-corrected chi connectivity index (χ0v) is 8.98. The van der Waals surface area contributed by atoms with Gasteiger partial charge in [-0.15, -0.1) is 0 Å². The first-order valence-electron chi connectivity index (χ1n) is 4.61. The van der Waals surface area contributed by atoms with Crippen LogP contribution in [0.2, 0.25) is 5.02 Å². The van der Waals surface area contributed by atoms with Crippen molar-refractivity contribution in [3.8, 4) is 23.0 Å². The molecule has 2 rings (SSSR count). The van der Waals surface area contributed by atoms with E-state index in [9.17, 15) is 10.2 Å². The van der Waals surface area contributed by atoms with Crippen LogP contribution in [-0.4, -0.2) is 10.2 Å². The molecule has 4 heteroatoms. The highest BCUT2D eigenvalue weighted by molar-refractivity contribution is 6.30. The highest BCUT2D eigenvalue weighted by atomic mass is 35.5. The molecular weight excluding hydrogens is 228 g/mol. The molecule has 0 aromatic heterocycles. The third kappa shape index (κ3) is 2.20. The van der Waals surface area contributed by atoms with Crippen LogP contribution in [0, 0.1) is 0 Å². The molecule has 0 spiro atoms. The number of phenolic OH excluding ortho intramolecular Hbond substituents is 2. The molecule has 0 saturated heterocycles. The summed E-state index contributed by atoms with van der Waals surface area (Å²) < 4.78 is 5.34. The first-order valence-corrected chi connectivity index (χ1v) is 4.99. The smallest absolute Gasteiger partial charge is 0.210 e. The monoisotopic (exact) mass is 236 g/mol. The minimum Gasteiger partial charge on any atom is -0.504 e. The van der Waals surface area contributed by atoms with Gasteiger partial charge in [0, 0.05) is 5.02 Å². The van der Waals surface area contributed by atoms with Crippen LogP contribution in [0.15, 0.2) is 42.5 Å². The molecule has 0 bridgehead atoms. The summed E-state index contributed by atoms with van der Waals surface area (Å²) in [5.74, 6) is 0.288. The quantitative estimate of drug-likeness (QED) is 0.839. The number of phenols is 2. The van der Waals surface area contributed by atoms with Gasteiger partial charge < -0.3 is 14.9 Å². The molecular formula is C12H9ClO3. The van der Waals surface area contributed by atoms with Gasteiger partial charge >= 0.3 is 0 Å². The fraction of sp³-hybridized carbons (Fsp3) is 0. The number of rotatable bonds is 2. The fourth-order valence-corrected chi connectivity index (χ4v) is 1.36. The van der Waals surface area contributed by atoms with Crippen molar-refractivity contribution < 1.29 is 14.9 Å². The lowest BCUT2D eigenvalue weighted by molar-refractivity contribution is 0.376. The summed E-state index contributed by atoms with van der Waals surface area (Å²) in [6.45, 7) is 0. The summed E-state index contributed by atoms with van der Waals surface area (Å²) in [7, 11) is 0. The Labute approximate surface area is 97.5 Å². The number of aromatic hydroxyl groups is 2. The first-order chi connectivity index (χ1) is 7.66. The van der Waals surface area contributed by atoms with E-state index in [2.05, 4.69) is 0 Å². The number of hydrogen-bond acceptors (Lipinski definition) is 3. The van der Waals surface area contributed by atoms with Crippen LogP contribution in [0.4, 0.5) is 0 Å². The summed E-state index contributed by atoms with van der Waals surface area (Å²) in [6.07, 6.45) is 0. The summed E-state index contributed by atoms with van der Waals surface area (Å²) in [5.41, 5.74) is 0. The molecule has 2 aromatic carbocycles. The van der Waals surface area contributed by atoms with Crippen molar-refractivity contribution >= 4 is 11.6 Å². The Kier molecular flexibility index (Phi) is 2.88. The van der Waals surface area contributed by atoms with Crippen molar-refractivity contribution in [1.82, 2.24) is 0 Å². The zero-order valence-electron chi connectivity index (χ0n) is 8.22. The number of ether oxygens (including phenoxy) is 1. The van der Waals surface area contributed by atoms with Gasteiger partial charge in [-0.3, -0.25) is 0 Å². The van der Waals surface area contributed by atoms with Crippen molar-refractivity contribution in [2.75, 3.05) is 0 Å². The van der Waals surface area contributed by atoms with Crippen molar-refractivity contribution in [3.05, 3.63) is 47.5 Å². The molecule has 0 aliphatic heterocycles. The number of halogens is 1. The highest BCUT2D eigenvalue weighted by Crippen LogP contribution is 2.38. The highest BCUT2D eigenvalue weighted by Gasteiger charge is 2.08. The molecule has 0 atom stereocenters. The van der Waals surface area contributed by atoms with Crippen LogP contribution in [0.25, 0.3) is 0 Å². The van der Waals surface area contributed by atoms with E-state index in [4.69, 9.17) is 16.3 Å². The molecule has 0 saturated carbocycles. The topological polar surface area (TPSA) is 49.7 Å². The minimum atomic E-state index is -0.116. The van der Waals surface area contributed by atoms with Gasteiger partial charge in [-0.25, -0.2) is 0 Å². The molecule has 3 nitrogen and oxygen atoms in total. The Bertz CT molecular complexity index is 474. The predicted molar refractivity (Wildman–Crippen MR) is 61.3 cm³/mol. The number of hydrogen-bond donors (Lipinski definition) is 2. The van der Waals surface area contributed by atoms with Crippen LogP contribution in [0.3, 0.4) is 0 Å². The third-order valence-corrected chi connectivity index (χ3v) is 2.26. The van der Waals surface area contributed by atoms with Gasteiger partial charge in [0.25, 0.3) is 0 Å². The Morgan fingerprint density at radius 2 is 1.44 bits per heavy atom. The SMILES string of the molecule is Oc1cccc(O)c1Oc1ccc(Cl)cc1. The lowest BCUT2D eigenvalue weighted by Gasteiger charge is -2.08. The Hall–Kier alpha value is -1.87. The molecule has 0 aliphatic rings.